The third-order valence-corrected chi connectivity index (χ3v) is 4.64. The molecule has 0 fully saturated rings. The van der Waals surface area contributed by atoms with Crippen LogP contribution >= 0.6 is 11.6 Å². The highest BCUT2D eigenvalue weighted by molar-refractivity contribution is 7.92. The molecule has 1 amide bonds. The van der Waals surface area contributed by atoms with Crippen LogP contribution in [0.15, 0.2) is 47.1 Å². The topological polar surface area (TPSA) is 79.6 Å². The number of furan rings is 1. The van der Waals surface area contributed by atoms with E-state index in [4.69, 9.17) is 16.0 Å². The molecular weight excluding hydrogens is 340 g/mol. The van der Waals surface area contributed by atoms with Crippen LogP contribution in [0.1, 0.15) is 12.7 Å². The predicted octanol–water partition coefficient (Wildman–Crippen LogP) is 2.40. The summed E-state index contributed by atoms with van der Waals surface area (Å²) in [5.41, 5.74) is 0.334. The highest BCUT2D eigenvalue weighted by Crippen LogP contribution is 2.24. The molecule has 1 atom stereocenters. The van der Waals surface area contributed by atoms with Gasteiger partial charge in [0.15, 0.2) is 0 Å². The first kappa shape index (κ1) is 17.4. The lowest BCUT2D eigenvalue weighted by atomic mass is 10.2. The number of rotatable bonds is 6. The Kier molecular flexibility index (Phi) is 5.33. The zero-order chi connectivity index (χ0) is 17.0. The molecule has 0 spiro atoms. The third-order valence-electron chi connectivity index (χ3n) is 3.17. The Morgan fingerprint density at radius 1 is 1.35 bits per heavy atom. The van der Waals surface area contributed by atoms with Crippen LogP contribution in [-0.4, -0.2) is 26.6 Å². The van der Waals surface area contributed by atoms with E-state index in [1.165, 1.54) is 19.3 Å². The molecule has 0 aliphatic rings. The smallest absolute Gasteiger partial charge is 0.243 e. The number of anilines is 1. The molecule has 0 saturated heterocycles. The van der Waals surface area contributed by atoms with Crippen molar-refractivity contribution in [3.05, 3.63) is 53.4 Å². The Morgan fingerprint density at radius 2 is 2.09 bits per heavy atom. The maximum Gasteiger partial charge on any atom is 0.243 e. The van der Waals surface area contributed by atoms with Crippen LogP contribution < -0.4 is 9.62 Å². The van der Waals surface area contributed by atoms with Gasteiger partial charge in [-0.3, -0.25) is 9.10 Å². The van der Waals surface area contributed by atoms with Gasteiger partial charge in [-0.1, -0.05) is 17.7 Å². The number of halogens is 1. The second kappa shape index (κ2) is 7.06. The average molecular weight is 357 g/mol. The Balaban J connectivity index is 2.20. The largest absolute Gasteiger partial charge is 0.467 e. The third kappa shape index (κ3) is 4.49. The van der Waals surface area contributed by atoms with Crippen molar-refractivity contribution in [1.29, 1.82) is 0 Å². The molecule has 6 nitrogen and oxygen atoms in total. The number of benzene rings is 1. The van der Waals surface area contributed by atoms with Crippen LogP contribution in [-0.2, 0) is 21.4 Å². The van der Waals surface area contributed by atoms with Crippen molar-refractivity contribution in [1.82, 2.24) is 5.32 Å². The van der Waals surface area contributed by atoms with Gasteiger partial charge in [0.2, 0.25) is 15.9 Å². The van der Waals surface area contributed by atoms with Gasteiger partial charge < -0.3 is 9.73 Å². The Hall–Kier alpha value is -1.99. The van der Waals surface area contributed by atoms with E-state index in [0.29, 0.717) is 16.5 Å². The quantitative estimate of drug-likeness (QED) is 0.861. The van der Waals surface area contributed by atoms with E-state index in [2.05, 4.69) is 5.32 Å². The molecule has 1 aromatic carbocycles. The fourth-order valence-electron chi connectivity index (χ4n) is 2.16. The minimum Gasteiger partial charge on any atom is -0.467 e. The molecule has 1 N–H and O–H groups in total. The zero-order valence-electron chi connectivity index (χ0n) is 12.7. The minimum atomic E-state index is -3.66. The normalized spacial score (nSPS) is 12.7. The van der Waals surface area contributed by atoms with Crippen molar-refractivity contribution in [2.24, 2.45) is 0 Å². The lowest BCUT2D eigenvalue weighted by molar-refractivity contribution is -0.122. The molecule has 0 bridgehead atoms. The summed E-state index contributed by atoms with van der Waals surface area (Å²) in [4.78, 5) is 12.3. The summed E-state index contributed by atoms with van der Waals surface area (Å²) in [6.45, 7) is 1.70. The number of nitrogens with zero attached hydrogens (tertiary/aromatic N) is 1. The minimum absolute atomic E-state index is 0.184. The molecule has 2 aromatic rings. The SMILES string of the molecule is C[C@H](C(=O)NCc1ccco1)N(c1cccc(Cl)c1)S(C)(=O)=O. The Labute approximate surface area is 140 Å². The number of sulfonamides is 1. The van der Waals surface area contributed by atoms with E-state index in [1.807, 2.05) is 0 Å². The van der Waals surface area contributed by atoms with E-state index >= 15 is 0 Å². The van der Waals surface area contributed by atoms with Crippen molar-refractivity contribution in [2.45, 2.75) is 19.5 Å². The Morgan fingerprint density at radius 3 is 2.65 bits per heavy atom. The van der Waals surface area contributed by atoms with Crippen molar-refractivity contribution in [3.8, 4) is 0 Å². The molecule has 23 heavy (non-hydrogen) atoms. The van der Waals surface area contributed by atoms with Gasteiger partial charge in [0.05, 0.1) is 24.8 Å². The van der Waals surface area contributed by atoms with Crippen molar-refractivity contribution in [2.75, 3.05) is 10.6 Å². The second-order valence-electron chi connectivity index (χ2n) is 5.01. The maximum absolute atomic E-state index is 12.3. The number of hydrogen-bond acceptors (Lipinski definition) is 4. The fourth-order valence-corrected chi connectivity index (χ4v) is 3.51. The van der Waals surface area contributed by atoms with Gasteiger partial charge in [-0.2, -0.15) is 0 Å². The van der Waals surface area contributed by atoms with Crippen LogP contribution in [0.3, 0.4) is 0 Å². The van der Waals surface area contributed by atoms with Gasteiger partial charge in [-0.15, -0.1) is 0 Å². The summed E-state index contributed by atoms with van der Waals surface area (Å²) < 4.78 is 30.4. The summed E-state index contributed by atoms with van der Waals surface area (Å²) in [5, 5.41) is 3.04. The van der Waals surface area contributed by atoms with Crippen LogP contribution in [0, 0.1) is 0 Å². The van der Waals surface area contributed by atoms with E-state index in [-0.39, 0.29) is 6.54 Å². The molecule has 8 heteroatoms. The van der Waals surface area contributed by atoms with Gasteiger partial charge in [0.25, 0.3) is 0 Å². The molecule has 1 aromatic heterocycles. The van der Waals surface area contributed by atoms with Crippen molar-refractivity contribution in [3.63, 3.8) is 0 Å². The first-order valence-corrected chi connectivity index (χ1v) is 9.07. The predicted molar refractivity (Wildman–Crippen MR) is 88.8 cm³/mol. The van der Waals surface area contributed by atoms with Crippen molar-refractivity contribution < 1.29 is 17.6 Å². The first-order chi connectivity index (χ1) is 10.8. The van der Waals surface area contributed by atoms with E-state index in [1.54, 1.807) is 30.3 Å². The van der Waals surface area contributed by atoms with E-state index < -0.39 is 22.0 Å². The molecule has 124 valence electrons. The molecule has 0 unspecified atom stereocenters. The summed E-state index contributed by atoms with van der Waals surface area (Å²) in [7, 11) is -3.66. The van der Waals surface area contributed by atoms with Gasteiger partial charge in [0.1, 0.15) is 11.8 Å². The molecule has 0 aliphatic carbocycles. The lowest BCUT2D eigenvalue weighted by Crippen LogP contribution is -2.47. The van der Waals surface area contributed by atoms with Gasteiger partial charge in [0, 0.05) is 5.02 Å². The summed E-state index contributed by atoms with van der Waals surface area (Å²) in [6.07, 6.45) is 2.55. The molecule has 2 rings (SSSR count). The first-order valence-electron chi connectivity index (χ1n) is 6.84. The fraction of sp³-hybridized carbons (Fsp3) is 0.267. The average Bonchev–Trinajstić information content (AvgIpc) is 2.96. The van der Waals surface area contributed by atoms with Crippen LogP contribution in [0.2, 0.25) is 5.02 Å². The number of nitrogens with one attached hydrogen (secondary N) is 1. The lowest BCUT2D eigenvalue weighted by Gasteiger charge is -2.28. The zero-order valence-corrected chi connectivity index (χ0v) is 14.3. The maximum atomic E-state index is 12.3. The second-order valence-corrected chi connectivity index (χ2v) is 7.31. The van der Waals surface area contributed by atoms with E-state index in [9.17, 15) is 13.2 Å². The van der Waals surface area contributed by atoms with E-state index in [0.717, 1.165) is 10.6 Å². The van der Waals surface area contributed by atoms with Crippen LogP contribution in [0.4, 0.5) is 5.69 Å². The number of hydrogen-bond donors (Lipinski definition) is 1. The monoisotopic (exact) mass is 356 g/mol. The number of carbonyl (C=O) groups is 1. The van der Waals surface area contributed by atoms with Crippen LogP contribution in [0.5, 0.6) is 0 Å². The van der Waals surface area contributed by atoms with Crippen LogP contribution in [0.25, 0.3) is 0 Å². The van der Waals surface area contributed by atoms with Crippen molar-refractivity contribution >= 4 is 33.2 Å². The summed E-state index contributed by atoms with van der Waals surface area (Å²) >= 11 is 5.92. The molecule has 1 heterocycles. The number of amides is 1. The highest BCUT2D eigenvalue weighted by Gasteiger charge is 2.29. The molecular formula is C15H17ClN2O4S. The summed E-state index contributed by atoms with van der Waals surface area (Å²) in [5.74, 6) is 0.144. The van der Waals surface area contributed by atoms with Gasteiger partial charge in [-0.05, 0) is 37.3 Å². The highest BCUT2D eigenvalue weighted by atomic mass is 35.5. The molecule has 0 radical (unpaired) electrons. The van der Waals surface area contributed by atoms with Gasteiger partial charge >= 0.3 is 0 Å². The molecule has 0 saturated carbocycles. The summed E-state index contributed by atoms with van der Waals surface area (Å²) in [6, 6.07) is 8.84. The number of carbonyl (C=O) groups excluding carboxylic acids is 1. The standard InChI is InChI=1S/C15H17ClN2O4S/c1-11(15(19)17-10-14-7-4-8-22-14)18(23(2,20)21)13-6-3-5-12(16)9-13/h3-9,11H,10H2,1-2H3,(H,17,19)/t11-/m1/s1. The molecule has 0 aliphatic heterocycles. The Bertz CT molecular complexity index is 775. The van der Waals surface area contributed by atoms with Gasteiger partial charge in [-0.25, -0.2) is 8.42 Å².